The summed E-state index contributed by atoms with van der Waals surface area (Å²) in [6.07, 6.45) is 1.58. The lowest BCUT2D eigenvalue weighted by molar-refractivity contribution is -0.384. The molecule has 0 saturated carbocycles. The fourth-order valence-electron chi connectivity index (χ4n) is 2.34. The van der Waals surface area contributed by atoms with Crippen LogP contribution in [0.15, 0.2) is 46.3 Å². The number of halogens is 1. The summed E-state index contributed by atoms with van der Waals surface area (Å²) in [7, 11) is 0. The first-order chi connectivity index (χ1) is 12.3. The largest absolute Gasteiger partial charge is 0.300 e. The van der Waals surface area contributed by atoms with Gasteiger partial charge in [0.1, 0.15) is 5.02 Å². The van der Waals surface area contributed by atoms with Crippen LogP contribution in [0.25, 0.3) is 6.08 Å². The van der Waals surface area contributed by atoms with Gasteiger partial charge in [-0.1, -0.05) is 29.8 Å². The molecule has 0 radical (unpaired) electrons. The van der Waals surface area contributed by atoms with Gasteiger partial charge < -0.3 is 5.32 Å². The number of carbonyl (C=O) groups is 1. The lowest BCUT2D eigenvalue weighted by Gasteiger charge is -2.02. The summed E-state index contributed by atoms with van der Waals surface area (Å²) >= 11 is 7.00. The number of nitrogens with zero attached hydrogens (tertiary/aromatic N) is 2. The van der Waals surface area contributed by atoms with Crippen molar-refractivity contribution in [2.75, 3.05) is 0 Å². The molecule has 0 atom stereocenters. The lowest BCUT2D eigenvalue weighted by atomic mass is 10.1. The summed E-state index contributed by atoms with van der Waals surface area (Å²) in [5.74, 6) is -0.295. The highest BCUT2D eigenvalue weighted by Gasteiger charge is 2.24. The number of nitro benzene ring substituents is 1. The van der Waals surface area contributed by atoms with E-state index in [1.807, 2.05) is 32.0 Å². The number of nitro groups is 1. The van der Waals surface area contributed by atoms with Crippen LogP contribution >= 0.6 is 23.4 Å². The molecular weight excluding hydrogens is 374 g/mol. The Bertz CT molecular complexity index is 986. The zero-order valence-electron chi connectivity index (χ0n) is 13.9. The van der Waals surface area contributed by atoms with Crippen molar-refractivity contribution in [1.29, 1.82) is 0 Å². The third kappa shape index (κ3) is 3.95. The highest BCUT2D eigenvalue weighted by molar-refractivity contribution is 8.18. The average molecular weight is 388 g/mol. The maximum Gasteiger partial charge on any atom is 0.288 e. The Balaban J connectivity index is 1.89. The number of benzene rings is 2. The van der Waals surface area contributed by atoms with Crippen molar-refractivity contribution in [2.24, 2.45) is 4.99 Å². The number of carbonyl (C=O) groups excluding carboxylic acids is 1. The number of amides is 1. The molecule has 2 aromatic carbocycles. The van der Waals surface area contributed by atoms with Gasteiger partial charge in [0.25, 0.3) is 11.6 Å². The standard InChI is InChI=1S/C18H14ClN3O3S/c1-10-3-4-11(2)14(7-10)20-18-21-17(23)16(26-18)9-12-5-6-13(19)15(8-12)22(24)25/h3-9H,1-2H3,(H,20,21,23)/b16-9-. The van der Waals surface area contributed by atoms with Crippen LogP contribution in [-0.2, 0) is 4.79 Å². The number of hydrogen-bond acceptors (Lipinski definition) is 5. The van der Waals surface area contributed by atoms with Gasteiger partial charge in [0.05, 0.1) is 15.5 Å². The quantitative estimate of drug-likeness (QED) is 0.467. The third-order valence-corrected chi connectivity index (χ3v) is 4.93. The number of rotatable bonds is 3. The number of hydrogen-bond donors (Lipinski definition) is 1. The lowest BCUT2D eigenvalue weighted by Crippen LogP contribution is -2.19. The van der Waals surface area contributed by atoms with Crippen LogP contribution in [0, 0.1) is 24.0 Å². The molecule has 1 fully saturated rings. The van der Waals surface area contributed by atoms with Crippen LogP contribution in [0.4, 0.5) is 11.4 Å². The van der Waals surface area contributed by atoms with E-state index in [0.717, 1.165) is 16.8 Å². The predicted octanol–water partition coefficient (Wildman–Crippen LogP) is 4.76. The summed E-state index contributed by atoms with van der Waals surface area (Å²) < 4.78 is 0. The molecule has 1 saturated heterocycles. The van der Waals surface area contributed by atoms with E-state index in [-0.39, 0.29) is 16.6 Å². The molecule has 2 aromatic rings. The zero-order valence-corrected chi connectivity index (χ0v) is 15.5. The summed E-state index contributed by atoms with van der Waals surface area (Å²) in [5.41, 5.74) is 3.19. The molecule has 1 aliphatic heterocycles. The van der Waals surface area contributed by atoms with Crippen molar-refractivity contribution in [2.45, 2.75) is 13.8 Å². The number of aliphatic imine (C=N–C) groups is 1. The molecule has 1 N–H and O–H groups in total. The monoisotopic (exact) mass is 387 g/mol. The minimum absolute atomic E-state index is 0.0536. The molecular formula is C18H14ClN3O3S. The Morgan fingerprint density at radius 3 is 2.73 bits per heavy atom. The highest BCUT2D eigenvalue weighted by atomic mass is 35.5. The van der Waals surface area contributed by atoms with Crippen LogP contribution in [0.3, 0.4) is 0 Å². The molecule has 0 aliphatic carbocycles. The molecule has 0 unspecified atom stereocenters. The summed E-state index contributed by atoms with van der Waals surface area (Å²) in [6.45, 7) is 3.92. The smallest absolute Gasteiger partial charge is 0.288 e. The molecule has 1 heterocycles. The van der Waals surface area contributed by atoms with E-state index < -0.39 is 4.92 Å². The molecule has 0 spiro atoms. The summed E-state index contributed by atoms with van der Waals surface area (Å²) in [4.78, 5) is 27.5. The number of thioether (sulfide) groups is 1. The van der Waals surface area contributed by atoms with Gasteiger partial charge in [-0.05, 0) is 60.5 Å². The first kappa shape index (κ1) is 18.2. The van der Waals surface area contributed by atoms with Crippen LogP contribution in [0.2, 0.25) is 5.02 Å². The van der Waals surface area contributed by atoms with Gasteiger partial charge >= 0.3 is 0 Å². The number of aryl methyl sites for hydroxylation is 2. The second kappa shape index (κ2) is 7.31. The Kier molecular flexibility index (Phi) is 5.11. The van der Waals surface area contributed by atoms with Crippen LogP contribution < -0.4 is 5.32 Å². The maximum atomic E-state index is 12.2. The molecule has 1 aliphatic rings. The van der Waals surface area contributed by atoms with Gasteiger partial charge in [-0.3, -0.25) is 14.9 Å². The van der Waals surface area contributed by atoms with Gasteiger partial charge in [0.15, 0.2) is 5.17 Å². The minimum atomic E-state index is -0.556. The van der Waals surface area contributed by atoms with E-state index in [1.165, 1.54) is 23.9 Å². The van der Waals surface area contributed by atoms with Crippen LogP contribution in [-0.4, -0.2) is 16.0 Å². The van der Waals surface area contributed by atoms with Crippen LogP contribution in [0.5, 0.6) is 0 Å². The maximum absolute atomic E-state index is 12.2. The summed E-state index contributed by atoms with van der Waals surface area (Å²) in [5, 5.41) is 14.2. The highest BCUT2D eigenvalue weighted by Crippen LogP contribution is 2.31. The minimum Gasteiger partial charge on any atom is -0.300 e. The second-order valence-corrected chi connectivity index (χ2v) is 7.18. The first-order valence-corrected chi connectivity index (χ1v) is 8.84. The topological polar surface area (TPSA) is 84.6 Å². The predicted molar refractivity (Wildman–Crippen MR) is 105 cm³/mol. The van der Waals surface area contributed by atoms with Crippen molar-refractivity contribution in [3.8, 4) is 0 Å². The number of amidine groups is 1. The van der Waals surface area contributed by atoms with E-state index in [1.54, 1.807) is 12.1 Å². The molecule has 8 heteroatoms. The fraction of sp³-hybridized carbons (Fsp3) is 0.111. The van der Waals surface area contributed by atoms with Crippen molar-refractivity contribution < 1.29 is 9.72 Å². The molecule has 1 amide bonds. The summed E-state index contributed by atoms with van der Waals surface area (Å²) in [6, 6.07) is 10.3. The normalized spacial score (nSPS) is 17.0. The van der Waals surface area contributed by atoms with Gasteiger partial charge in [0, 0.05) is 6.07 Å². The van der Waals surface area contributed by atoms with Crippen molar-refractivity contribution in [3.05, 3.63) is 73.1 Å². The second-order valence-electron chi connectivity index (χ2n) is 5.74. The van der Waals surface area contributed by atoms with Crippen LogP contribution in [0.1, 0.15) is 16.7 Å². The van der Waals surface area contributed by atoms with Gasteiger partial charge in [0.2, 0.25) is 0 Å². The first-order valence-electron chi connectivity index (χ1n) is 7.64. The van der Waals surface area contributed by atoms with Gasteiger partial charge in [-0.25, -0.2) is 4.99 Å². The van der Waals surface area contributed by atoms with E-state index in [9.17, 15) is 14.9 Å². The molecule has 6 nitrogen and oxygen atoms in total. The van der Waals surface area contributed by atoms with Crippen molar-refractivity contribution >= 4 is 51.9 Å². The van der Waals surface area contributed by atoms with E-state index in [4.69, 9.17) is 11.6 Å². The average Bonchev–Trinajstić information content (AvgIpc) is 2.92. The molecule has 132 valence electrons. The van der Waals surface area contributed by atoms with E-state index in [2.05, 4.69) is 10.3 Å². The Morgan fingerprint density at radius 2 is 2.00 bits per heavy atom. The van der Waals surface area contributed by atoms with Gasteiger partial charge in [-0.2, -0.15) is 0 Å². The Morgan fingerprint density at radius 1 is 1.23 bits per heavy atom. The SMILES string of the molecule is Cc1ccc(C)c(N=C2NC(=O)/C(=C/c3ccc(Cl)c([N+](=O)[O-])c3)S2)c1. The molecule has 26 heavy (non-hydrogen) atoms. The van der Waals surface area contributed by atoms with E-state index >= 15 is 0 Å². The molecule has 0 bridgehead atoms. The third-order valence-electron chi connectivity index (χ3n) is 3.70. The van der Waals surface area contributed by atoms with Crippen molar-refractivity contribution in [3.63, 3.8) is 0 Å². The van der Waals surface area contributed by atoms with Gasteiger partial charge in [-0.15, -0.1) is 0 Å². The Labute approximate surface area is 159 Å². The Hall–Kier alpha value is -2.64. The molecule has 0 aromatic heterocycles. The fourth-order valence-corrected chi connectivity index (χ4v) is 3.36. The van der Waals surface area contributed by atoms with Crippen molar-refractivity contribution in [1.82, 2.24) is 5.32 Å². The number of nitrogens with one attached hydrogen (secondary N) is 1. The zero-order chi connectivity index (χ0) is 18.8. The molecule has 3 rings (SSSR count). The van der Waals surface area contributed by atoms with E-state index in [0.29, 0.717) is 15.6 Å².